The lowest BCUT2D eigenvalue weighted by atomic mass is 9.75. The van der Waals surface area contributed by atoms with E-state index in [4.69, 9.17) is 4.74 Å². The number of hydrogen-bond donors (Lipinski definition) is 2. The predicted octanol–water partition coefficient (Wildman–Crippen LogP) is 6.12. The van der Waals surface area contributed by atoms with E-state index in [1.54, 1.807) is 23.6 Å². The van der Waals surface area contributed by atoms with Crippen LogP contribution in [0.1, 0.15) is 58.2 Å². The Balaban J connectivity index is 2.01. The van der Waals surface area contributed by atoms with Gasteiger partial charge >= 0.3 is 5.97 Å². The van der Waals surface area contributed by atoms with Crippen LogP contribution in [0.5, 0.6) is 5.75 Å². The smallest absolute Gasteiger partial charge is 0.341 e. The maximum absolute atomic E-state index is 15.1. The quantitative estimate of drug-likeness (QED) is 0.451. The van der Waals surface area contributed by atoms with Crippen molar-refractivity contribution in [2.45, 2.75) is 63.6 Å². The monoisotopic (exact) mass is 475 g/mol. The number of carbonyl (C=O) groups is 1. The van der Waals surface area contributed by atoms with Crippen molar-refractivity contribution >= 4 is 16.9 Å². The van der Waals surface area contributed by atoms with Crippen LogP contribution >= 0.6 is 0 Å². The van der Waals surface area contributed by atoms with Gasteiger partial charge in [-0.25, -0.2) is 18.0 Å². The predicted molar refractivity (Wildman–Crippen MR) is 122 cm³/mol. The van der Waals surface area contributed by atoms with Gasteiger partial charge in [0.1, 0.15) is 5.75 Å². The average Bonchev–Trinajstić information content (AvgIpc) is 3.16. The highest BCUT2D eigenvalue weighted by Gasteiger charge is 2.48. The molecule has 2 heterocycles. The van der Waals surface area contributed by atoms with Crippen molar-refractivity contribution in [2.75, 3.05) is 6.61 Å². The second-order valence-corrected chi connectivity index (χ2v) is 9.86. The van der Waals surface area contributed by atoms with Crippen LogP contribution in [0.2, 0.25) is 0 Å². The number of hydrogen-bond acceptors (Lipinski definition) is 3. The van der Waals surface area contributed by atoms with E-state index >= 15 is 4.39 Å². The Kier molecular flexibility index (Phi) is 5.71. The highest BCUT2D eigenvalue weighted by Crippen LogP contribution is 2.52. The van der Waals surface area contributed by atoms with Gasteiger partial charge in [-0.05, 0) is 50.5 Å². The first-order valence-electron chi connectivity index (χ1n) is 11.2. The number of fused-ring (bicyclic) bond motifs is 3. The van der Waals surface area contributed by atoms with E-state index in [-0.39, 0.29) is 31.6 Å². The number of carboxylic acid groups (broad SMARTS) is 1. The van der Waals surface area contributed by atoms with Crippen molar-refractivity contribution in [3.63, 3.8) is 0 Å². The third-order valence-corrected chi connectivity index (χ3v) is 7.00. The molecule has 2 N–H and O–H groups in total. The van der Waals surface area contributed by atoms with Gasteiger partial charge in [0.25, 0.3) is 0 Å². The third-order valence-electron chi connectivity index (χ3n) is 7.00. The number of benzene rings is 2. The summed E-state index contributed by atoms with van der Waals surface area (Å²) in [7, 11) is 0. The van der Waals surface area contributed by atoms with E-state index in [2.05, 4.69) is 0 Å². The molecule has 8 heteroatoms. The molecule has 0 saturated carbocycles. The van der Waals surface area contributed by atoms with Crippen LogP contribution in [-0.2, 0) is 20.5 Å². The lowest BCUT2D eigenvalue weighted by Gasteiger charge is -2.43. The van der Waals surface area contributed by atoms with E-state index in [1.807, 2.05) is 13.8 Å². The van der Waals surface area contributed by atoms with Crippen LogP contribution in [-0.4, -0.2) is 33.0 Å². The number of ether oxygens (including phenoxy) is 1. The summed E-state index contributed by atoms with van der Waals surface area (Å²) in [5, 5.41) is 20.7. The zero-order valence-electron chi connectivity index (χ0n) is 19.6. The molecule has 1 aliphatic rings. The molecule has 3 aromatic rings. The standard InChI is InChI=1S/C26H28F3NO4/c1-5-26(29,23(32)33)12-11-25(4)21-20-18(7-6-8-19(20)31)30(22(21)24(2,3)14-34-25)15-9-10-16(27)17(28)13-15/h6-10,13,31H,5,11-12,14H2,1-4H3,(H,32,33)/t25-,26?/m1/s1. The molecular weight excluding hydrogens is 447 g/mol. The maximum Gasteiger partial charge on any atom is 0.341 e. The number of phenolic OH excluding ortho intramolecular Hbond substituents is 1. The number of phenols is 1. The Morgan fingerprint density at radius 2 is 1.88 bits per heavy atom. The molecule has 182 valence electrons. The minimum absolute atomic E-state index is 0.0390. The Labute approximate surface area is 195 Å². The van der Waals surface area contributed by atoms with Crippen molar-refractivity contribution in [1.82, 2.24) is 4.57 Å². The first-order valence-corrected chi connectivity index (χ1v) is 11.2. The van der Waals surface area contributed by atoms with E-state index in [9.17, 15) is 23.8 Å². The number of aliphatic carboxylic acids is 1. The molecule has 1 aliphatic heterocycles. The lowest BCUT2D eigenvalue weighted by molar-refractivity contribution is -0.153. The fourth-order valence-electron chi connectivity index (χ4n) is 4.92. The second-order valence-electron chi connectivity index (χ2n) is 9.86. The summed E-state index contributed by atoms with van der Waals surface area (Å²) in [6.07, 6.45) is -0.447. The van der Waals surface area contributed by atoms with Crippen molar-refractivity contribution < 1.29 is 32.9 Å². The number of aromatic nitrogens is 1. The summed E-state index contributed by atoms with van der Waals surface area (Å²) < 4.78 is 51.0. The Morgan fingerprint density at radius 1 is 1.18 bits per heavy atom. The molecular formula is C26H28F3NO4. The molecule has 0 spiro atoms. The molecule has 0 saturated heterocycles. The molecule has 0 radical (unpaired) electrons. The second kappa shape index (κ2) is 8.05. The zero-order chi connectivity index (χ0) is 25.1. The fourth-order valence-corrected chi connectivity index (χ4v) is 4.92. The zero-order valence-corrected chi connectivity index (χ0v) is 19.6. The number of carboxylic acids is 1. The van der Waals surface area contributed by atoms with Gasteiger partial charge in [-0.2, -0.15) is 0 Å². The molecule has 4 rings (SSSR count). The van der Waals surface area contributed by atoms with E-state index in [1.165, 1.54) is 19.1 Å². The number of nitrogens with zero attached hydrogens (tertiary/aromatic N) is 1. The van der Waals surface area contributed by atoms with Gasteiger partial charge in [-0.15, -0.1) is 0 Å². The van der Waals surface area contributed by atoms with Crippen LogP contribution in [0.25, 0.3) is 16.6 Å². The average molecular weight is 476 g/mol. The van der Waals surface area contributed by atoms with Crippen molar-refractivity contribution in [3.05, 3.63) is 59.3 Å². The van der Waals surface area contributed by atoms with Gasteiger partial charge in [0, 0.05) is 33.8 Å². The van der Waals surface area contributed by atoms with Crippen molar-refractivity contribution in [3.8, 4) is 11.4 Å². The lowest BCUT2D eigenvalue weighted by Crippen LogP contribution is -2.44. The number of halogens is 3. The summed E-state index contributed by atoms with van der Waals surface area (Å²) in [5.41, 5.74) is -1.94. The largest absolute Gasteiger partial charge is 0.507 e. The van der Waals surface area contributed by atoms with Crippen molar-refractivity contribution in [2.24, 2.45) is 0 Å². The molecule has 0 bridgehead atoms. The molecule has 0 amide bonds. The topological polar surface area (TPSA) is 71.7 Å². The molecule has 2 aromatic carbocycles. The first-order chi connectivity index (χ1) is 15.8. The number of aromatic hydroxyl groups is 1. The van der Waals surface area contributed by atoms with Crippen LogP contribution in [0.4, 0.5) is 13.2 Å². The number of rotatable bonds is 6. The SMILES string of the molecule is CCC(F)(CC[C@@]1(C)OCC(C)(C)c2c1c1c(O)cccc1n2-c1ccc(F)c(F)c1)C(=O)O. The first kappa shape index (κ1) is 24.1. The Morgan fingerprint density at radius 3 is 2.50 bits per heavy atom. The minimum atomic E-state index is -2.42. The van der Waals surface area contributed by atoms with Crippen LogP contribution in [0.3, 0.4) is 0 Å². The van der Waals surface area contributed by atoms with Gasteiger partial charge in [-0.3, -0.25) is 0 Å². The highest BCUT2D eigenvalue weighted by atomic mass is 19.2. The van der Waals surface area contributed by atoms with Gasteiger partial charge in [-0.1, -0.05) is 26.8 Å². The minimum Gasteiger partial charge on any atom is -0.507 e. The normalized spacial score (nSPS) is 21.3. The van der Waals surface area contributed by atoms with E-state index in [0.717, 1.165) is 12.1 Å². The fraction of sp³-hybridized carbons (Fsp3) is 0.423. The van der Waals surface area contributed by atoms with Crippen LogP contribution in [0, 0.1) is 11.6 Å². The Hall–Kier alpha value is -3.00. The maximum atomic E-state index is 15.1. The molecule has 2 atom stereocenters. The van der Waals surface area contributed by atoms with Gasteiger partial charge in [0.2, 0.25) is 5.67 Å². The van der Waals surface area contributed by atoms with E-state index in [0.29, 0.717) is 27.8 Å². The summed E-state index contributed by atoms with van der Waals surface area (Å²) in [5.74, 6) is -3.55. The summed E-state index contributed by atoms with van der Waals surface area (Å²) >= 11 is 0. The molecule has 1 aromatic heterocycles. The molecule has 0 fully saturated rings. The van der Waals surface area contributed by atoms with Crippen molar-refractivity contribution in [1.29, 1.82) is 0 Å². The van der Waals surface area contributed by atoms with Crippen LogP contribution < -0.4 is 0 Å². The van der Waals surface area contributed by atoms with Crippen LogP contribution in [0.15, 0.2) is 36.4 Å². The Bertz CT molecular complexity index is 1280. The van der Waals surface area contributed by atoms with Gasteiger partial charge in [0.05, 0.1) is 17.7 Å². The van der Waals surface area contributed by atoms with Gasteiger partial charge < -0.3 is 19.5 Å². The molecule has 1 unspecified atom stereocenters. The third kappa shape index (κ3) is 3.64. The highest BCUT2D eigenvalue weighted by molar-refractivity contribution is 5.94. The number of alkyl halides is 1. The summed E-state index contributed by atoms with van der Waals surface area (Å²) in [6, 6.07) is 8.52. The summed E-state index contributed by atoms with van der Waals surface area (Å²) in [6.45, 7) is 7.31. The summed E-state index contributed by atoms with van der Waals surface area (Å²) in [4.78, 5) is 11.6. The van der Waals surface area contributed by atoms with E-state index < -0.39 is 34.3 Å². The van der Waals surface area contributed by atoms with Gasteiger partial charge in [0.15, 0.2) is 11.6 Å². The molecule has 5 nitrogen and oxygen atoms in total. The molecule has 34 heavy (non-hydrogen) atoms. The molecule has 0 aliphatic carbocycles.